The molecule has 2 N–H and O–H groups in total. The Hall–Kier alpha value is -3.28. The Morgan fingerprint density at radius 2 is 1.63 bits per heavy atom. The number of hydrogen-bond acceptors (Lipinski definition) is 4. The highest BCUT2D eigenvalue weighted by atomic mass is 16.5. The summed E-state index contributed by atoms with van der Waals surface area (Å²) in [6.45, 7) is 8.26. The first-order valence-electron chi connectivity index (χ1n) is 10.2. The monoisotopic (exact) mass is 408 g/mol. The number of hydrogen-bond donors (Lipinski definition) is 2. The lowest BCUT2D eigenvalue weighted by Gasteiger charge is -2.28. The van der Waals surface area contributed by atoms with Crippen LogP contribution in [0.25, 0.3) is 0 Å². The van der Waals surface area contributed by atoms with Crippen molar-refractivity contribution in [1.82, 2.24) is 10.6 Å². The molecule has 1 heterocycles. The van der Waals surface area contributed by atoms with E-state index in [0.29, 0.717) is 29.5 Å². The van der Waals surface area contributed by atoms with E-state index in [1.807, 2.05) is 43.3 Å². The van der Waals surface area contributed by atoms with Gasteiger partial charge in [0, 0.05) is 5.70 Å². The average molecular weight is 408 g/mol. The number of amides is 2. The molecule has 6 nitrogen and oxygen atoms in total. The number of ether oxygens (including phenoxy) is 2. The van der Waals surface area contributed by atoms with Gasteiger partial charge in [0.25, 0.3) is 0 Å². The van der Waals surface area contributed by atoms with Crippen molar-refractivity contribution in [2.24, 2.45) is 0 Å². The van der Waals surface area contributed by atoms with Crippen LogP contribution in [-0.2, 0) is 9.53 Å². The fourth-order valence-electron chi connectivity index (χ4n) is 3.27. The van der Waals surface area contributed by atoms with Gasteiger partial charge >= 0.3 is 12.0 Å². The fraction of sp³-hybridized carbons (Fsp3) is 0.333. The minimum atomic E-state index is -0.581. The molecule has 1 unspecified atom stereocenters. The third kappa shape index (κ3) is 5.00. The minimum absolute atomic E-state index is 0.332. The van der Waals surface area contributed by atoms with Crippen LogP contribution in [0.5, 0.6) is 11.5 Å². The summed E-state index contributed by atoms with van der Waals surface area (Å²) in [4.78, 5) is 24.5. The van der Waals surface area contributed by atoms with E-state index >= 15 is 0 Å². The van der Waals surface area contributed by atoms with Crippen LogP contribution in [-0.4, -0.2) is 18.6 Å². The van der Waals surface area contributed by atoms with Crippen molar-refractivity contribution < 1.29 is 19.1 Å². The van der Waals surface area contributed by atoms with Gasteiger partial charge in [0.2, 0.25) is 0 Å². The lowest BCUT2D eigenvalue weighted by Crippen LogP contribution is -2.45. The van der Waals surface area contributed by atoms with E-state index in [1.54, 1.807) is 6.92 Å². The molecular weight excluding hydrogens is 380 g/mol. The van der Waals surface area contributed by atoms with Gasteiger partial charge in [0.05, 0.1) is 18.2 Å². The standard InChI is InChI=1S/C24H28N2O4/c1-5-14-29-23(27)21-16(4)25-24(28)26-22(21)18-8-12-20(13-9-18)30-19-10-6-17(7-11-19)15(2)3/h6-13,15,22H,5,14H2,1-4H3,(H2,25,26,28). The van der Waals surface area contributed by atoms with E-state index in [9.17, 15) is 9.59 Å². The van der Waals surface area contributed by atoms with E-state index in [4.69, 9.17) is 9.47 Å². The van der Waals surface area contributed by atoms with Crippen molar-refractivity contribution in [2.75, 3.05) is 6.61 Å². The quantitative estimate of drug-likeness (QED) is 0.619. The van der Waals surface area contributed by atoms with Gasteiger partial charge in [-0.25, -0.2) is 9.59 Å². The Morgan fingerprint density at radius 3 is 2.20 bits per heavy atom. The molecule has 6 heteroatoms. The van der Waals surface area contributed by atoms with Crippen LogP contribution < -0.4 is 15.4 Å². The number of benzene rings is 2. The molecule has 1 aliphatic rings. The minimum Gasteiger partial charge on any atom is -0.462 e. The number of nitrogens with one attached hydrogen (secondary N) is 2. The summed E-state index contributed by atoms with van der Waals surface area (Å²) in [6, 6.07) is 14.4. The highest BCUT2D eigenvalue weighted by molar-refractivity contribution is 5.95. The third-order valence-corrected chi connectivity index (χ3v) is 4.92. The van der Waals surface area contributed by atoms with Crippen LogP contribution in [0.2, 0.25) is 0 Å². The second kappa shape index (κ2) is 9.48. The van der Waals surface area contributed by atoms with Gasteiger partial charge in [-0.15, -0.1) is 0 Å². The van der Waals surface area contributed by atoms with Crippen LogP contribution in [0.1, 0.15) is 57.2 Å². The number of esters is 1. The molecule has 1 atom stereocenters. The molecule has 0 spiro atoms. The third-order valence-electron chi connectivity index (χ3n) is 4.92. The van der Waals surface area contributed by atoms with E-state index in [0.717, 1.165) is 17.7 Å². The Labute approximate surface area is 177 Å². The van der Waals surface area contributed by atoms with E-state index in [-0.39, 0.29) is 6.03 Å². The maximum atomic E-state index is 12.5. The molecule has 158 valence electrons. The first-order valence-corrected chi connectivity index (χ1v) is 10.2. The number of carbonyl (C=O) groups excluding carboxylic acids is 2. The zero-order valence-electron chi connectivity index (χ0n) is 17.8. The van der Waals surface area contributed by atoms with E-state index < -0.39 is 12.0 Å². The number of carbonyl (C=O) groups is 2. The summed E-state index contributed by atoms with van der Waals surface area (Å²) in [5.74, 6) is 1.46. The molecular formula is C24H28N2O4. The smallest absolute Gasteiger partial charge is 0.338 e. The van der Waals surface area contributed by atoms with Gasteiger partial charge in [0.15, 0.2) is 0 Å². The van der Waals surface area contributed by atoms with Gasteiger partial charge in [-0.2, -0.15) is 0 Å². The Bertz CT molecular complexity index is 931. The summed E-state index contributed by atoms with van der Waals surface area (Å²) in [7, 11) is 0. The molecule has 0 saturated carbocycles. The highest BCUT2D eigenvalue weighted by Gasteiger charge is 2.32. The molecule has 2 aromatic carbocycles. The predicted molar refractivity (Wildman–Crippen MR) is 115 cm³/mol. The summed E-state index contributed by atoms with van der Waals surface area (Å²) < 4.78 is 11.2. The number of rotatable bonds is 7. The van der Waals surface area contributed by atoms with Crippen LogP contribution in [0.15, 0.2) is 59.8 Å². The van der Waals surface area contributed by atoms with Crippen molar-refractivity contribution in [3.63, 3.8) is 0 Å². The van der Waals surface area contributed by atoms with E-state index in [1.165, 1.54) is 5.56 Å². The average Bonchev–Trinajstić information content (AvgIpc) is 2.72. The number of allylic oxidation sites excluding steroid dienone is 1. The van der Waals surface area contributed by atoms with Crippen molar-refractivity contribution in [2.45, 2.75) is 46.1 Å². The summed E-state index contributed by atoms with van der Waals surface area (Å²) in [5.41, 5.74) is 2.93. The second-order valence-corrected chi connectivity index (χ2v) is 7.60. The van der Waals surface area contributed by atoms with E-state index in [2.05, 4.69) is 36.6 Å². The topological polar surface area (TPSA) is 76.7 Å². The SMILES string of the molecule is CCCOC(=O)C1=C(C)NC(=O)NC1c1ccc(Oc2ccc(C(C)C)cc2)cc1. The Morgan fingerprint density at radius 1 is 1.03 bits per heavy atom. The lowest BCUT2D eigenvalue weighted by molar-refractivity contribution is -0.139. The largest absolute Gasteiger partial charge is 0.462 e. The van der Waals surface area contributed by atoms with Crippen molar-refractivity contribution in [1.29, 1.82) is 0 Å². The van der Waals surface area contributed by atoms with Crippen LogP contribution in [0.4, 0.5) is 4.79 Å². The van der Waals surface area contributed by atoms with Crippen molar-refractivity contribution >= 4 is 12.0 Å². The molecule has 1 aliphatic heterocycles. The fourth-order valence-corrected chi connectivity index (χ4v) is 3.27. The van der Waals surface area contributed by atoms with Crippen LogP contribution in [0.3, 0.4) is 0 Å². The maximum Gasteiger partial charge on any atom is 0.338 e. The summed E-state index contributed by atoms with van der Waals surface area (Å²) in [5, 5.41) is 5.45. The zero-order valence-corrected chi connectivity index (χ0v) is 17.8. The van der Waals surface area contributed by atoms with Gasteiger partial charge in [-0.3, -0.25) is 0 Å². The van der Waals surface area contributed by atoms with Gasteiger partial charge in [0.1, 0.15) is 11.5 Å². The van der Waals surface area contributed by atoms with Gasteiger partial charge < -0.3 is 20.1 Å². The maximum absolute atomic E-state index is 12.5. The Balaban J connectivity index is 1.78. The van der Waals surface area contributed by atoms with Crippen LogP contribution in [0, 0.1) is 0 Å². The lowest BCUT2D eigenvalue weighted by atomic mass is 9.95. The first kappa shape index (κ1) is 21.4. The molecule has 0 aliphatic carbocycles. The van der Waals surface area contributed by atoms with Crippen molar-refractivity contribution in [3.8, 4) is 11.5 Å². The summed E-state index contributed by atoms with van der Waals surface area (Å²) >= 11 is 0. The molecule has 0 bridgehead atoms. The zero-order chi connectivity index (χ0) is 21.7. The van der Waals surface area contributed by atoms with Crippen molar-refractivity contribution in [3.05, 3.63) is 70.9 Å². The normalized spacial score (nSPS) is 16.2. The van der Waals surface area contributed by atoms with Gasteiger partial charge in [-0.1, -0.05) is 45.0 Å². The molecule has 0 radical (unpaired) electrons. The molecule has 3 rings (SSSR count). The molecule has 2 amide bonds. The molecule has 0 fully saturated rings. The van der Waals surface area contributed by atoms with Gasteiger partial charge in [-0.05, 0) is 54.7 Å². The summed E-state index contributed by atoms with van der Waals surface area (Å²) in [6.07, 6.45) is 0.729. The molecule has 2 aromatic rings. The molecule has 30 heavy (non-hydrogen) atoms. The predicted octanol–water partition coefficient (Wildman–Crippen LogP) is 5.18. The highest BCUT2D eigenvalue weighted by Crippen LogP contribution is 2.30. The number of urea groups is 1. The Kier molecular flexibility index (Phi) is 6.77. The second-order valence-electron chi connectivity index (χ2n) is 7.60. The van der Waals surface area contributed by atoms with Crippen LogP contribution >= 0.6 is 0 Å². The first-order chi connectivity index (χ1) is 14.4. The molecule has 0 saturated heterocycles. The molecule has 0 aromatic heterocycles.